The molecule has 0 saturated carbocycles. The molecule has 1 aliphatic rings. The summed E-state index contributed by atoms with van der Waals surface area (Å²) in [6, 6.07) is -0.0268. The normalized spacial score (nSPS) is 26.2. The van der Waals surface area contributed by atoms with Crippen LogP contribution in [0.15, 0.2) is 0 Å². The van der Waals surface area contributed by atoms with Gasteiger partial charge in [-0.05, 0) is 33.7 Å². The number of amides is 1. The zero-order valence-corrected chi connectivity index (χ0v) is 10.4. The third-order valence-electron chi connectivity index (χ3n) is 2.25. The molecule has 2 N–H and O–H groups in total. The SMILES string of the molecule is CO[C@H]1[CH]NCC[C@H]1NC(=O)OC(C)(C)C. The summed E-state index contributed by atoms with van der Waals surface area (Å²) in [4.78, 5) is 11.6. The van der Waals surface area contributed by atoms with Crippen molar-refractivity contribution in [3.05, 3.63) is 6.54 Å². The highest BCUT2D eigenvalue weighted by atomic mass is 16.6. The van der Waals surface area contributed by atoms with E-state index in [9.17, 15) is 4.79 Å². The summed E-state index contributed by atoms with van der Waals surface area (Å²) >= 11 is 0. The first kappa shape index (κ1) is 13.3. The lowest BCUT2D eigenvalue weighted by molar-refractivity contribution is 0.0341. The van der Waals surface area contributed by atoms with Crippen molar-refractivity contribution in [1.82, 2.24) is 10.6 Å². The average molecular weight is 229 g/mol. The van der Waals surface area contributed by atoms with E-state index in [0.29, 0.717) is 0 Å². The van der Waals surface area contributed by atoms with Crippen molar-refractivity contribution < 1.29 is 14.3 Å². The third-order valence-corrected chi connectivity index (χ3v) is 2.25. The standard InChI is InChI=1S/C11H21N2O3/c1-11(2,3)16-10(14)13-8-5-6-12-7-9(8)15-4/h7-9,12H,5-6H2,1-4H3,(H,13,14)/t8-,9+/m1/s1. The number of hydrogen-bond acceptors (Lipinski definition) is 4. The van der Waals surface area contributed by atoms with Crippen LogP contribution in [-0.4, -0.2) is 37.5 Å². The van der Waals surface area contributed by atoms with Crippen LogP contribution in [0.2, 0.25) is 0 Å². The Hall–Kier alpha value is -0.810. The van der Waals surface area contributed by atoms with Gasteiger partial charge in [0.1, 0.15) is 5.60 Å². The first-order valence-corrected chi connectivity index (χ1v) is 5.51. The van der Waals surface area contributed by atoms with E-state index in [1.165, 1.54) is 0 Å². The number of hydrogen-bond donors (Lipinski definition) is 2. The molecule has 0 bridgehead atoms. The molecule has 0 unspecified atom stereocenters. The smallest absolute Gasteiger partial charge is 0.407 e. The van der Waals surface area contributed by atoms with Crippen LogP contribution < -0.4 is 10.6 Å². The van der Waals surface area contributed by atoms with Crippen LogP contribution in [0, 0.1) is 6.54 Å². The monoisotopic (exact) mass is 229 g/mol. The highest BCUT2D eigenvalue weighted by molar-refractivity contribution is 5.68. The van der Waals surface area contributed by atoms with Crippen molar-refractivity contribution in [2.45, 2.75) is 44.9 Å². The Kier molecular flexibility index (Phi) is 4.56. The molecule has 0 aromatic rings. The summed E-state index contributed by atoms with van der Waals surface area (Å²) in [5.41, 5.74) is -0.469. The van der Waals surface area contributed by atoms with Gasteiger partial charge in [-0.1, -0.05) is 0 Å². The molecule has 1 radical (unpaired) electrons. The zero-order chi connectivity index (χ0) is 12.2. The summed E-state index contributed by atoms with van der Waals surface area (Å²) in [7, 11) is 1.62. The molecule has 1 saturated heterocycles. The van der Waals surface area contributed by atoms with Crippen LogP contribution in [0.25, 0.3) is 0 Å². The van der Waals surface area contributed by atoms with Crippen LogP contribution in [0.3, 0.4) is 0 Å². The molecule has 1 aliphatic heterocycles. The number of carbonyl (C=O) groups is 1. The van der Waals surface area contributed by atoms with E-state index >= 15 is 0 Å². The first-order chi connectivity index (χ1) is 7.42. The molecule has 1 amide bonds. The Balaban J connectivity index is 2.42. The van der Waals surface area contributed by atoms with Gasteiger partial charge in [0.05, 0.1) is 18.7 Å². The van der Waals surface area contributed by atoms with Crippen LogP contribution in [-0.2, 0) is 9.47 Å². The van der Waals surface area contributed by atoms with E-state index in [1.54, 1.807) is 7.11 Å². The van der Waals surface area contributed by atoms with E-state index in [1.807, 2.05) is 27.3 Å². The van der Waals surface area contributed by atoms with Crippen molar-refractivity contribution in [2.75, 3.05) is 13.7 Å². The zero-order valence-electron chi connectivity index (χ0n) is 10.4. The molecule has 1 rings (SSSR count). The van der Waals surface area contributed by atoms with Gasteiger partial charge in [0.25, 0.3) is 0 Å². The van der Waals surface area contributed by atoms with Crippen molar-refractivity contribution >= 4 is 6.09 Å². The van der Waals surface area contributed by atoms with Crippen LogP contribution >= 0.6 is 0 Å². The van der Waals surface area contributed by atoms with Gasteiger partial charge >= 0.3 is 6.09 Å². The number of ether oxygens (including phenoxy) is 2. The van der Waals surface area contributed by atoms with Crippen molar-refractivity contribution in [1.29, 1.82) is 0 Å². The Morgan fingerprint density at radius 3 is 2.75 bits per heavy atom. The lowest BCUT2D eigenvalue weighted by atomic mass is 10.0. The number of rotatable bonds is 2. The summed E-state index contributed by atoms with van der Waals surface area (Å²) in [5.74, 6) is 0. The molecule has 0 spiro atoms. The van der Waals surface area contributed by atoms with Gasteiger partial charge in [0.15, 0.2) is 0 Å². The van der Waals surface area contributed by atoms with Gasteiger partial charge in [-0.25, -0.2) is 4.79 Å². The fraction of sp³-hybridized carbons (Fsp3) is 0.818. The molecule has 0 aliphatic carbocycles. The van der Waals surface area contributed by atoms with Gasteiger partial charge in [-0.3, -0.25) is 0 Å². The second-order valence-electron chi connectivity index (χ2n) is 4.86. The van der Waals surface area contributed by atoms with Gasteiger partial charge in [0.2, 0.25) is 0 Å². The van der Waals surface area contributed by atoms with Gasteiger partial charge < -0.3 is 20.1 Å². The summed E-state index contributed by atoms with van der Waals surface area (Å²) < 4.78 is 10.4. The summed E-state index contributed by atoms with van der Waals surface area (Å²) in [5, 5.41) is 5.91. The first-order valence-electron chi connectivity index (χ1n) is 5.51. The second-order valence-corrected chi connectivity index (χ2v) is 4.86. The van der Waals surface area contributed by atoms with Crippen LogP contribution in [0.4, 0.5) is 4.79 Å². The highest BCUT2D eigenvalue weighted by Gasteiger charge is 2.28. The maximum absolute atomic E-state index is 11.6. The maximum Gasteiger partial charge on any atom is 0.407 e. The molecule has 5 heteroatoms. The average Bonchev–Trinajstić information content (AvgIpc) is 2.15. The molecule has 0 aromatic carbocycles. The largest absolute Gasteiger partial charge is 0.444 e. The molecule has 2 atom stereocenters. The quantitative estimate of drug-likeness (QED) is 0.743. The second kappa shape index (κ2) is 5.50. The van der Waals surface area contributed by atoms with Gasteiger partial charge in [-0.2, -0.15) is 0 Å². The molecule has 1 heterocycles. The molecular formula is C11H21N2O3. The number of nitrogens with one attached hydrogen (secondary N) is 2. The summed E-state index contributed by atoms with van der Waals surface area (Å²) in [6.45, 7) is 8.21. The molecule has 93 valence electrons. The Bertz CT molecular complexity index is 238. The van der Waals surface area contributed by atoms with Gasteiger partial charge in [0, 0.05) is 7.11 Å². The third kappa shape index (κ3) is 4.37. The maximum atomic E-state index is 11.6. The van der Waals surface area contributed by atoms with Gasteiger partial charge in [-0.15, -0.1) is 0 Å². The summed E-state index contributed by atoms with van der Waals surface area (Å²) in [6.07, 6.45) is 0.324. The van der Waals surface area contributed by atoms with Crippen molar-refractivity contribution in [2.24, 2.45) is 0 Å². The lowest BCUT2D eigenvalue weighted by Crippen LogP contribution is -2.52. The Morgan fingerprint density at radius 1 is 1.50 bits per heavy atom. The number of piperidine rings is 1. The fourth-order valence-electron chi connectivity index (χ4n) is 1.56. The molecule has 1 fully saturated rings. The predicted octanol–water partition coefficient (Wildman–Crippen LogP) is 1.05. The van der Waals surface area contributed by atoms with Crippen molar-refractivity contribution in [3.8, 4) is 0 Å². The minimum Gasteiger partial charge on any atom is -0.444 e. The van der Waals surface area contributed by atoms with E-state index in [2.05, 4.69) is 10.6 Å². The Morgan fingerprint density at radius 2 is 2.19 bits per heavy atom. The number of methoxy groups -OCH3 is 1. The molecule has 5 nitrogen and oxygen atoms in total. The van der Waals surface area contributed by atoms with Crippen molar-refractivity contribution in [3.63, 3.8) is 0 Å². The Labute approximate surface area is 96.9 Å². The van der Waals surface area contributed by atoms with E-state index in [4.69, 9.17) is 9.47 Å². The predicted molar refractivity (Wildman–Crippen MR) is 60.9 cm³/mol. The van der Waals surface area contributed by atoms with E-state index < -0.39 is 11.7 Å². The minimum absolute atomic E-state index is 0.0268. The van der Waals surface area contributed by atoms with Crippen LogP contribution in [0.5, 0.6) is 0 Å². The van der Waals surface area contributed by atoms with Crippen LogP contribution in [0.1, 0.15) is 27.2 Å². The van der Waals surface area contributed by atoms with E-state index in [-0.39, 0.29) is 12.1 Å². The lowest BCUT2D eigenvalue weighted by Gasteiger charge is -2.32. The molecule has 0 aromatic heterocycles. The van der Waals surface area contributed by atoms with E-state index in [0.717, 1.165) is 13.0 Å². The number of alkyl carbamates (subject to hydrolysis) is 1. The number of carbonyl (C=O) groups excluding carboxylic acids is 1. The minimum atomic E-state index is -0.469. The molecular weight excluding hydrogens is 208 g/mol. The fourth-order valence-corrected chi connectivity index (χ4v) is 1.56. The topological polar surface area (TPSA) is 59.6 Å². The molecule has 16 heavy (non-hydrogen) atoms. The highest BCUT2D eigenvalue weighted by Crippen LogP contribution is 2.12.